The summed E-state index contributed by atoms with van der Waals surface area (Å²) in [5, 5.41) is 2.81. The van der Waals surface area contributed by atoms with E-state index in [0.29, 0.717) is 12.4 Å². The molecule has 1 fully saturated rings. The minimum absolute atomic E-state index is 0.184. The van der Waals surface area contributed by atoms with Crippen molar-refractivity contribution in [1.82, 2.24) is 10.2 Å². The monoisotopic (exact) mass is 324 g/mol. The summed E-state index contributed by atoms with van der Waals surface area (Å²) < 4.78 is 5.58. The summed E-state index contributed by atoms with van der Waals surface area (Å²) in [4.78, 5) is 26.6. The second-order valence-corrected chi connectivity index (χ2v) is 5.85. The quantitative estimate of drug-likeness (QED) is 0.860. The van der Waals surface area contributed by atoms with Crippen LogP contribution in [-0.2, 0) is 16.9 Å². The number of hydrogen-bond donors (Lipinski definition) is 1. The Labute approximate surface area is 141 Å². The van der Waals surface area contributed by atoms with E-state index in [-0.39, 0.29) is 12.5 Å². The number of ether oxygens (including phenoxy) is 1. The van der Waals surface area contributed by atoms with E-state index >= 15 is 0 Å². The molecule has 24 heavy (non-hydrogen) atoms. The van der Waals surface area contributed by atoms with Crippen LogP contribution in [0.5, 0.6) is 5.75 Å². The fourth-order valence-electron chi connectivity index (χ4n) is 2.91. The lowest BCUT2D eigenvalue weighted by Gasteiger charge is -2.22. The third kappa shape index (κ3) is 2.73. The number of amides is 3. The normalized spacial score (nSPS) is 20.2. The number of hydrogen-bond acceptors (Lipinski definition) is 3. The smallest absolute Gasteiger partial charge is 0.325 e. The van der Waals surface area contributed by atoms with E-state index in [1.54, 1.807) is 6.92 Å². The van der Waals surface area contributed by atoms with Crippen molar-refractivity contribution in [1.29, 1.82) is 0 Å². The molecule has 0 spiro atoms. The van der Waals surface area contributed by atoms with Crippen LogP contribution >= 0.6 is 0 Å². The van der Waals surface area contributed by atoms with Crippen molar-refractivity contribution in [3.63, 3.8) is 0 Å². The largest absolute Gasteiger partial charge is 0.494 e. The number of para-hydroxylation sites is 1. The fourth-order valence-corrected chi connectivity index (χ4v) is 2.91. The molecule has 0 aliphatic carbocycles. The summed E-state index contributed by atoms with van der Waals surface area (Å²) in [6.45, 7) is 4.34. The van der Waals surface area contributed by atoms with Gasteiger partial charge in [-0.1, -0.05) is 48.5 Å². The highest BCUT2D eigenvalue weighted by Gasteiger charge is 2.48. The average molecular weight is 324 g/mol. The highest BCUT2D eigenvalue weighted by atomic mass is 16.5. The second kappa shape index (κ2) is 6.35. The van der Waals surface area contributed by atoms with E-state index in [0.717, 1.165) is 11.1 Å². The maximum Gasteiger partial charge on any atom is 0.325 e. The van der Waals surface area contributed by atoms with Crippen LogP contribution in [0.2, 0.25) is 0 Å². The van der Waals surface area contributed by atoms with Crippen LogP contribution in [0.3, 0.4) is 0 Å². The maximum absolute atomic E-state index is 12.9. The molecule has 0 radical (unpaired) electrons. The van der Waals surface area contributed by atoms with E-state index in [1.807, 2.05) is 61.5 Å². The molecule has 0 aromatic heterocycles. The van der Waals surface area contributed by atoms with Gasteiger partial charge in [-0.15, -0.1) is 0 Å². The van der Waals surface area contributed by atoms with Gasteiger partial charge in [-0.25, -0.2) is 4.79 Å². The molecule has 1 N–H and O–H groups in total. The third-order valence-corrected chi connectivity index (χ3v) is 4.23. The molecule has 2 aromatic carbocycles. The summed E-state index contributed by atoms with van der Waals surface area (Å²) in [7, 11) is 0. The Bertz CT molecular complexity index is 760. The number of carbonyl (C=O) groups is 2. The maximum atomic E-state index is 12.9. The van der Waals surface area contributed by atoms with E-state index in [9.17, 15) is 9.59 Å². The van der Waals surface area contributed by atoms with Crippen LogP contribution in [0.15, 0.2) is 54.6 Å². The van der Waals surface area contributed by atoms with Crippen molar-refractivity contribution in [2.75, 3.05) is 6.61 Å². The molecule has 2 aromatic rings. The van der Waals surface area contributed by atoms with Crippen LogP contribution in [0.25, 0.3) is 0 Å². The molecular formula is C19H20N2O3. The first-order valence-electron chi connectivity index (χ1n) is 7.96. The van der Waals surface area contributed by atoms with Crippen LogP contribution in [-0.4, -0.2) is 23.4 Å². The Morgan fingerprint density at radius 3 is 2.42 bits per heavy atom. The minimum Gasteiger partial charge on any atom is -0.494 e. The second-order valence-electron chi connectivity index (χ2n) is 5.85. The molecule has 1 saturated heterocycles. The molecule has 3 rings (SSSR count). The number of imide groups is 1. The van der Waals surface area contributed by atoms with Crippen molar-refractivity contribution >= 4 is 11.9 Å². The molecule has 3 amide bonds. The molecule has 1 heterocycles. The zero-order valence-corrected chi connectivity index (χ0v) is 13.8. The molecule has 0 bridgehead atoms. The lowest BCUT2D eigenvalue weighted by molar-refractivity contribution is -0.131. The molecular weight excluding hydrogens is 304 g/mol. The Hall–Kier alpha value is -2.82. The minimum atomic E-state index is -1.04. The molecule has 0 saturated carbocycles. The van der Waals surface area contributed by atoms with E-state index in [4.69, 9.17) is 4.74 Å². The zero-order chi connectivity index (χ0) is 17.2. The van der Waals surface area contributed by atoms with E-state index in [1.165, 1.54) is 4.90 Å². The fraction of sp³-hybridized carbons (Fsp3) is 0.263. The summed E-state index contributed by atoms with van der Waals surface area (Å²) in [5.74, 6) is 0.430. The molecule has 1 atom stereocenters. The molecule has 124 valence electrons. The Balaban J connectivity index is 1.88. The SMILES string of the molecule is CCOc1ccccc1CN1C(=O)N[C@@](C)(c2ccccc2)C1=O. The van der Waals surface area contributed by atoms with Crippen LogP contribution in [0.1, 0.15) is 25.0 Å². The number of benzene rings is 2. The number of carbonyl (C=O) groups excluding carboxylic acids is 2. The number of nitrogens with zero attached hydrogens (tertiary/aromatic N) is 1. The van der Waals surface area contributed by atoms with E-state index < -0.39 is 11.6 Å². The number of rotatable bonds is 5. The molecule has 5 heteroatoms. The highest BCUT2D eigenvalue weighted by Crippen LogP contribution is 2.31. The van der Waals surface area contributed by atoms with Gasteiger partial charge in [0.2, 0.25) is 0 Å². The van der Waals surface area contributed by atoms with Crippen LogP contribution < -0.4 is 10.1 Å². The predicted molar refractivity (Wildman–Crippen MR) is 90.5 cm³/mol. The Morgan fingerprint density at radius 2 is 1.71 bits per heavy atom. The van der Waals surface area contributed by atoms with Gasteiger partial charge in [0.15, 0.2) is 0 Å². The van der Waals surface area contributed by atoms with Gasteiger partial charge in [0, 0.05) is 5.56 Å². The molecule has 1 aliphatic heterocycles. The number of nitrogens with one attached hydrogen (secondary N) is 1. The van der Waals surface area contributed by atoms with Gasteiger partial charge in [0.25, 0.3) is 5.91 Å². The zero-order valence-electron chi connectivity index (χ0n) is 13.8. The lowest BCUT2D eigenvalue weighted by atomic mass is 9.92. The molecule has 0 unspecified atom stereocenters. The first-order chi connectivity index (χ1) is 11.6. The first-order valence-corrected chi connectivity index (χ1v) is 7.96. The molecule has 1 aliphatic rings. The van der Waals surface area contributed by atoms with Gasteiger partial charge in [-0.3, -0.25) is 9.69 Å². The predicted octanol–water partition coefficient (Wildman–Crippen LogP) is 3.05. The van der Waals surface area contributed by atoms with Crippen molar-refractivity contribution in [2.45, 2.75) is 25.9 Å². The Kier molecular flexibility index (Phi) is 4.25. The molecule has 5 nitrogen and oxygen atoms in total. The van der Waals surface area contributed by atoms with Crippen molar-refractivity contribution in [3.8, 4) is 5.75 Å². The average Bonchev–Trinajstić information content (AvgIpc) is 2.82. The van der Waals surface area contributed by atoms with Crippen molar-refractivity contribution < 1.29 is 14.3 Å². The third-order valence-electron chi connectivity index (χ3n) is 4.23. The van der Waals surface area contributed by atoms with Gasteiger partial charge >= 0.3 is 6.03 Å². The van der Waals surface area contributed by atoms with E-state index in [2.05, 4.69) is 5.32 Å². The summed E-state index contributed by atoms with van der Waals surface area (Å²) >= 11 is 0. The standard InChI is InChI=1S/C19H20N2O3/c1-3-24-16-12-8-7-9-14(16)13-21-17(22)19(2,20-18(21)23)15-10-5-4-6-11-15/h4-12H,3,13H2,1-2H3,(H,20,23)/t19-/m0/s1. The van der Waals surface area contributed by atoms with Gasteiger partial charge < -0.3 is 10.1 Å². The van der Waals surface area contributed by atoms with Gasteiger partial charge in [0.1, 0.15) is 11.3 Å². The van der Waals surface area contributed by atoms with Gasteiger partial charge in [0.05, 0.1) is 13.2 Å². The summed E-state index contributed by atoms with van der Waals surface area (Å²) in [6, 6.07) is 16.3. The highest BCUT2D eigenvalue weighted by molar-refractivity contribution is 6.07. The lowest BCUT2D eigenvalue weighted by Crippen LogP contribution is -2.40. The Morgan fingerprint density at radius 1 is 1.04 bits per heavy atom. The van der Waals surface area contributed by atoms with Crippen LogP contribution in [0.4, 0.5) is 4.79 Å². The summed E-state index contributed by atoms with van der Waals surface area (Å²) in [5.41, 5.74) is 0.530. The van der Waals surface area contributed by atoms with Gasteiger partial charge in [-0.05, 0) is 25.5 Å². The topological polar surface area (TPSA) is 58.6 Å². The van der Waals surface area contributed by atoms with Crippen molar-refractivity contribution in [2.24, 2.45) is 0 Å². The van der Waals surface area contributed by atoms with Crippen molar-refractivity contribution in [3.05, 3.63) is 65.7 Å². The summed E-state index contributed by atoms with van der Waals surface area (Å²) in [6.07, 6.45) is 0. The van der Waals surface area contributed by atoms with Crippen LogP contribution in [0, 0.1) is 0 Å². The van der Waals surface area contributed by atoms with Gasteiger partial charge in [-0.2, -0.15) is 0 Å². The number of urea groups is 1. The first kappa shape index (κ1) is 16.1.